The monoisotopic (exact) mass is 489 g/mol. The van der Waals surface area contributed by atoms with Gasteiger partial charge in [0.15, 0.2) is 11.5 Å². The predicted molar refractivity (Wildman–Crippen MR) is 130 cm³/mol. The molecule has 3 aromatic rings. The van der Waals surface area contributed by atoms with Gasteiger partial charge in [0.05, 0.1) is 18.4 Å². The summed E-state index contributed by atoms with van der Waals surface area (Å²) < 4.78 is 24.1. The number of nitrogens with zero attached hydrogens (tertiary/aromatic N) is 1. The number of ether oxygens (including phenoxy) is 2. The quantitative estimate of drug-likeness (QED) is 0.166. The number of nitrogens with one attached hydrogen (secondary N) is 2. The SMILES string of the molecule is CCOc1cc(C=NNC(=O)[C@@H]2C(=O)NC[C@H]2c2ccccc2)ccc1OC(=O)c1ccc(F)cc1. The Hall–Kier alpha value is -4.53. The highest BCUT2D eigenvalue weighted by Gasteiger charge is 2.40. The summed E-state index contributed by atoms with van der Waals surface area (Å²) in [4.78, 5) is 37.4. The molecule has 0 aromatic heterocycles. The number of halogens is 1. The summed E-state index contributed by atoms with van der Waals surface area (Å²) in [6.07, 6.45) is 1.40. The molecule has 8 nitrogen and oxygen atoms in total. The van der Waals surface area contributed by atoms with E-state index < -0.39 is 23.6 Å². The molecule has 1 heterocycles. The predicted octanol–water partition coefficient (Wildman–Crippen LogP) is 3.42. The van der Waals surface area contributed by atoms with Crippen LogP contribution in [0.1, 0.15) is 34.3 Å². The van der Waals surface area contributed by atoms with Crippen LogP contribution in [0.4, 0.5) is 4.39 Å². The van der Waals surface area contributed by atoms with Crippen molar-refractivity contribution >= 4 is 24.0 Å². The molecular weight excluding hydrogens is 465 g/mol. The molecule has 2 amide bonds. The van der Waals surface area contributed by atoms with Crippen LogP contribution < -0.4 is 20.2 Å². The Morgan fingerprint density at radius 3 is 2.56 bits per heavy atom. The summed E-state index contributed by atoms with van der Waals surface area (Å²) in [6, 6.07) is 19.1. The first kappa shape index (κ1) is 24.6. The lowest BCUT2D eigenvalue weighted by molar-refractivity contribution is -0.133. The average molecular weight is 490 g/mol. The molecule has 1 aliphatic heterocycles. The first-order valence-corrected chi connectivity index (χ1v) is 11.4. The van der Waals surface area contributed by atoms with Gasteiger partial charge in [-0.3, -0.25) is 9.59 Å². The largest absolute Gasteiger partial charge is 0.490 e. The smallest absolute Gasteiger partial charge is 0.343 e. The molecular formula is C27H24FN3O5. The minimum absolute atomic E-state index is 0.181. The Labute approximate surface area is 207 Å². The van der Waals surface area contributed by atoms with E-state index in [-0.39, 0.29) is 23.1 Å². The second kappa shape index (κ2) is 11.3. The van der Waals surface area contributed by atoms with Crippen LogP contribution in [0.5, 0.6) is 11.5 Å². The van der Waals surface area contributed by atoms with Gasteiger partial charge in [0.2, 0.25) is 5.91 Å². The summed E-state index contributed by atoms with van der Waals surface area (Å²) in [6.45, 7) is 2.47. The fraction of sp³-hybridized carbons (Fsp3) is 0.185. The molecule has 0 saturated carbocycles. The number of benzene rings is 3. The van der Waals surface area contributed by atoms with Crippen LogP contribution >= 0.6 is 0 Å². The second-order valence-electron chi connectivity index (χ2n) is 8.01. The highest BCUT2D eigenvalue weighted by molar-refractivity contribution is 6.03. The highest BCUT2D eigenvalue weighted by atomic mass is 19.1. The number of esters is 1. The summed E-state index contributed by atoms with van der Waals surface area (Å²) in [5.74, 6) is -2.67. The Kier molecular flexibility index (Phi) is 7.69. The van der Waals surface area contributed by atoms with E-state index in [0.29, 0.717) is 24.5 Å². The van der Waals surface area contributed by atoms with Crippen molar-refractivity contribution in [3.63, 3.8) is 0 Å². The molecule has 2 N–H and O–H groups in total. The molecule has 1 fully saturated rings. The summed E-state index contributed by atoms with van der Waals surface area (Å²) >= 11 is 0. The average Bonchev–Trinajstić information content (AvgIpc) is 3.28. The summed E-state index contributed by atoms with van der Waals surface area (Å²) in [5.41, 5.74) is 4.09. The van der Waals surface area contributed by atoms with E-state index in [1.54, 1.807) is 19.1 Å². The fourth-order valence-electron chi connectivity index (χ4n) is 3.88. The van der Waals surface area contributed by atoms with E-state index in [9.17, 15) is 18.8 Å². The summed E-state index contributed by atoms with van der Waals surface area (Å²) in [7, 11) is 0. The number of amides is 2. The number of carbonyl (C=O) groups is 3. The van der Waals surface area contributed by atoms with Gasteiger partial charge in [0, 0.05) is 12.5 Å². The Morgan fingerprint density at radius 2 is 1.83 bits per heavy atom. The lowest BCUT2D eigenvalue weighted by Gasteiger charge is -2.15. The van der Waals surface area contributed by atoms with Gasteiger partial charge in [-0.15, -0.1) is 0 Å². The first-order chi connectivity index (χ1) is 17.5. The van der Waals surface area contributed by atoms with E-state index in [1.807, 2.05) is 30.3 Å². The summed E-state index contributed by atoms with van der Waals surface area (Å²) in [5, 5.41) is 6.73. The van der Waals surface area contributed by atoms with Crippen molar-refractivity contribution in [3.05, 3.63) is 95.3 Å². The van der Waals surface area contributed by atoms with Crippen LogP contribution in [-0.4, -0.2) is 37.1 Å². The van der Waals surface area contributed by atoms with Gasteiger partial charge in [-0.05, 0) is 60.5 Å². The van der Waals surface area contributed by atoms with E-state index >= 15 is 0 Å². The highest BCUT2D eigenvalue weighted by Crippen LogP contribution is 2.30. The van der Waals surface area contributed by atoms with Crippen molar-refractivity contribution in [2.45, 2.75) is 12.8 Å². The minimum Gasteiger partial charge on any atom is -0.490 e. The van der Waals surface area contributed by atoms with E-state index in [0.717, 1.165) is 5.56 Å². The third kappa shape index (κ3) is 5.75. The topological polar surface area (TPSA) is 106 Å². The molecule has 0 spiro atoms. The van der Waals surface area contributed by atoms with Gasteiger partial charge in [0.1, 0.15) is 11.7 Å². The second-order valence-corrected chi connectivity index (χ2v) is 8.01. The Morgan fingerprint density at radius 1 is 1.08 bits per heavy atom. The van der Waals surface area contributed by atoms with Crippen molar-refractivity contribution in [2.24, 2.45) is 11.0 Å². The molecule has 3 aromatic carbocycles. The van der Waals surface area contributed by atoms with Crippen LogP contribution in [0.25, 0.3) is 0 Å². The number of hydrazone groups is 1. The third-order valence-electron chi connectivity index (χ3n) is 5.63. The maximum Gasteiger partial charge on any atom is 0.343 e. The zero-order valence-electron chi connectivity index (χ0n) is 19.4. The number of carbonyl (C=O) groups excluding carboxylic acids is 3. The molecule has 0 radical (unpaired) electrons. The van der Waals surface area contributed by atoms with Gasteiger partial charge in [-0.2, -0.15) is 5.10 Å². The lowest BCUT2D eigenvalue weighted by Crippen LogP contribution is -2.34. The molecule has 1 aliphatic rings. The number of hydrogen-bond acceptors (Lipinski definition) is 6. The van der Waals surface area contributed by atoms with Gasteiger partial charge < -0.3 is 14.8 Å². The van der Waals surface area contributed by atoms with Crippen LogP contribution in [0.3, 0.4) is 0 Å². The van der Waals surface area contributed by atoms with Gasteiger partial charge in [0.25, 0.3) is 5.91 Å². The number of rotatable bonds is 8. The van der Waals surface area contributed by atoms with Crippen LogP contribution in [0, 0.1) is 11.7 Å². The van der Waals surface area contributed by atoms with Crippen LogP contribution in [0.15, 0.2) is 77.9 Å². The molecule has 36 heavy (non-hydrogen) atoms. The zero-order chi connectivity index (χ0) is 25.5. The maximum atomic E-state index is 13.1. The normalized spacial score (nSPS) is 17.0. The van der Waals surface area contributed by atoms with Crippen molar-refractivity contribution < 1.29 is 28.2 Å². The molecule has 0 aliphatic carbocycles. The molecule has 9 heteroatoms. The van der Waals surface area contributed by atoms with Crippen molar-refractivity contribution in [1.82, 2.24) is 10.7 Å². The van der Waals surface area contributed by atoms with Crippen molar-refractivity contribution in [3.8, 4) is 11.5 Å². The first-order valence-electron chi connectivity index (χ1n) is 11.4. The molecule has 0 bridgehead atoms. The van der Waals surface area contributed by atoms with Gasteiger partial charge in [-0.25, -0.2) is 14.6 Å². The van der Waals surface area contributed by atoms with Crippen molar-refractivity contribution in [1.29, 1.82) is 0 Å². The van der Waals surface area contributed by atoms with E-state index in [2.05, 4.69) is 15.8 Å². The fourth-order valence-corrected chi connectivity index (χ4v) is 3.88. The zero-order valence-corrected chi connectivity index (χ0v) is 19.4. The molecule has 2 atom stereocenters. The standard InChI is InChI=1S/C27H24FN3O5/c1-2-35-23-14-17(8-13-22(23)36-27(34)19-9-11-20(28)12-10-19)15-30-31-26(33)24-21(16-29-25(24)32)18-6-4-3-5-7-18/h3-15,21,24H,2,16H2,1H3,(H,29,32)(H,31,33)/t21-,24-/m0/s1. The van der Waals surface area contributed by atoms with Gasteiger partial charge >= 0.3 is 5.97 Å². The molecule has 0 unspecified atom stereocenters. The molecule has 4 rings (SSSR count). The minimum atomic E-state index is -0.892. The molecule has 1 saturated heterocycles. The Balaban J connectivity index is 1.43. The molecule has 184 valence electrons. The lowest BCUT2D eigenvalue weighted by atomic mass is 9.88. The third-order valence-corrected chi connectivity index (χ3v) is 5.63. The van der Waals surface area contributed by atoms with Crippen LogP contribution in [-0.2, 0) is 9.59 Å². The van der Waals surface area contributed by atoms with E-state index in [4.69, 9.17) is 9.47 Å². The van der Waals surface area contributed by atoms with Crippen molar-refractivity contribution in [2.75, 3.05) is 13.2 Å². The maximum absolute atomic E-state index is 13.1. The van der Waals surface area contributed by atoms with Crippen LogP contribution in [0.2, 0.25) is 0 Å². The van der Waals surface area contributed by atoms with Gasteiger partial charge in [-0.1, -0.05) is 30.3 Å². The Bertz CT molecular complexity index is 1280. The van der Waals surface area contributed by atoms with E-state index in [1.165, 1.54) is 36.5 Å². The number of hydrogen-bond donors (Lipinski definition) is 2.